The summed E-state index contributed by atoms with van der Waals surface area (Å²) in [6.45, 7) is 2.14. The predicted molar refractivity (Wildman–Crippen MR) is 93.1 cm³/mol. The minimum Gasteiger partial charge on any atom is -0.383 e. The standard InChI is InChI=1S/C17H26N4O3/c1-24-11-9-19-16(22)13-5-7-14(8-6-13)20-17(23)21-10-3-2-4-15(21)12-18/h5-8,15H,2-4,9-12,18H2,1H3,(H,19,22)(H,20,23). The number of amides is 3. The fourth-order valence-corrected chi connectivity index (χ4v) is 2.78. The lowest BCUT2D eigenvalue weighted by molar-refractivity contribution is 0.0937. The Morgan fingerprint density at radius 1 is 1.29 bits per heavy atom. The molecule has 0 bridgehead atoms. The molecule has 0 radical (unpaired) electrons. The van der Waals surface area contributed by atoms with Gasteiger partial charge in [-0.3, -0.25) is 4.79 Å². The first-order valence-electron chi connectivity index (χ1n) is 8.30. The van der Waals surface area contributed by atoms with E-state index in [-0.39, 0.29) is 18.0 Å². The minimum atomic E-state index is -0.163. The van der Waals surface area contributed by atoms with Gasteiger partial charge >= 0.3 is 6.03 Å². The zero-order valence-electron chi connectivity index (χ0n) is 14.1. The van der Waals surface area contributed by atoms with E-state index in [1.165, 1.54) is 0 Å². The SMILES string of the molecule is COCCNC(=O)c1ccc(NC(=O)N2CCCCC2CN)cc1. The van der Waals surface area contributed by atoms with Crippen molar-refractivity contribution >= 4 is 17.6 Å². The van der Waals surface area contributed by atoms with Crippen LogP contribution in [-0.4, -0.2) is 56.2 Å². The fraction of sp³-hybridized carbons (Fsp3) is 0.529. The van der Waals surface area contributed by atoms with Crippen LogP contribution in [0, 0.1) is 0 Å². The molecule has 0 aromatic heterocycles. The number of likely N-dealkylation sites (tertiary alicyclic amines) is 1. The molecule has 3 amide bonds. The highest BCUT2D eigenvalue weighted by molar-refractivity contribution is 5.95. The summed E-state index contributed by atoms with van der Waals surface area (Å²) < 4.78 is 4.89. The molecule has 1 unspecified atom stereocenters. The van der Waals surface area contributed by atoms with Gasteiger partial charge < -0.3 is 26.0 Å². The second-order valence-electron chi connectivity index (χ2n) is 5.83. The molecule has 0 saturated carbocycles. The van der Waals surface area contributed by atoms with Gasteiger partial charge in [-0.25, -0.2) is 4.79 Å². The van der Waals surface area contributed by atoms with Crippen molar-refractivity contribution in [2.45, 2.75) is 25.3 Å². The largest absolute Gasteiger partial charge is 0.383 e. The van der Waals surface area contributed by atoms with Crippen molar-refractivity contribution in [1.29, 1.82) is 0 Å². The summed E-state index contributed by atoms with van der Waals surface area (Å²) in [6, 6.07) is 6.80. The lowest BCUT2D eigenvalue weighted by Gasteiger charge is -2.34. The molecular formula is C17H26N4O3. The third-order valence-electron chi connectivity index (χ3n) is 4.15. The highest BCUT2D eigenvalue weighted by Crippen LogP contribution is 2.18. The number of hydrogen-bond donors (Lipinski definition) is 3. The van der Waals surface area contributed by atoms with Crippen LogP contribution >= 0.6 is 0 Å². The van der Waals surface area contributed by atoms with Gasteiger partial charge in [-0.05, 0) is 43.5 Å². The molecule has 1 aliphatic heterocycles. The number of hydrogen-bond acceptors (Lipinski definition) is 4. The van der Waals surface area contributed by atoms with Crippen LogP contribution in [0.5, 0.6) is 0 Å². The highest BCUT2D eigenvalue weighted by atomic mass is 16.5. The van der Waals surface area contributed by atoms with Crippen LogP contribution in [0.4, 0.5) is 10.5 Å². The van der Waals surface area contributed by atoms with E-state index < -0.39 is 0 Å². The maximum Gasteiger partial charge on any atom is 0.322 e. The first kappa shape index (κ1) is 18.2. The number of piperidine rings is 1. The summed E-state index contributed by atoms with van der Waals surface area (Å²) in [5.74, 6) is -0.163. The molecule has 1 fully saturated rings. The van der Waals surface area contributed by atoms with Crippen LogP contribution < -0.4 is 16.4 Å². The van der Waals surface area contributed by atoms with E-state index in [4.69, 9.17) is 10.5 Å². The number of benzene rings is 1. The lowest BCUT2D eigenvalue weighted by atomic mass is 10.0. The van der Waals surface area contributed by atoms with Crippen LogP contribution in [0.15, 0.2) is 24.3 Å². The second kappa shape index (κ2) is 9.24. The van der Waals surface area contributed by atoms with E-state index >= 15 is 0 Å². The number of anilines is 1. The van der Waals surface area contributed by atoms with Crippen LogP contribution in [0.25, 0.3) is 0 Å². The van der Waals surface area contributed by atoms with Crippen LogP contribution in [0.2, 0.25) is 0 Å². The summed E-state index contributed by atoms with van der Waals surface area (Å²) >= 11 is 0. The third kappa shape index (κ3) is 4.94. The van der Waals surface area contributed by atoms with Crippen LogP contribution in [-0.2, 0) is 4.74 Å². The number of rotatable bonds is 6. The fourth-order valence-electron chi connectivity index (χ4n) is 2.78. The summed E-state index contributed by atoms with van der Waals surface area (Å²) in [6.07, 6.45) is 3.06. The molecule has 1 saturated heterocycles. The van der Waals surface area contributed by atoms with Crippen molar-refractivity contribution in [1.82, 2.24) is 10.2 Å². The normalized spacial score (nSPS) is 17.4. The quantitative estimate of drug-likeness (QED) is 0.685. The van der Waals surface area contributed by atoms with Crippen molar-refractivity contribution in [3.63, 3.8) is 0 Å². The van der Waals surface area contributed by atoms with E-state index in [0.717, 1.165) is 25.8 Å². The Morgan fingerprint density at radius 2 is 2.04 bits per heavy atom. The van der Waals surface area contributed by atoms with Crippen molar-refractivity contribution in [2.24, 2.45) is 5.73 Å². The smallest absolute Gasteiger partial charge is 0.322 e. The molecule has 0 spiro atoms. The maximum absolute atomic E-state index is 12.4. The topological polar surface area (TPSA) is 96.7 Å². The summed E-state index contributed by atoms with van der Waals surface area (Å²) in [4.78, 5) is 26.1. The Bertz CT molecular complexity index is 547. The van der Waals surface area contributed by atoms with Gasteiger partial charge in [-0.1, -0.05) is 0 Å². The Kier molecular flexibility index (Phi) is 7.02. The van der Waals surface area contributed by atoms with Gasteiger partial charge in [-0.15, -0.1) is 0 Å². The summed E-state index contributed by atoms with van der Waals surface area (Å²) in [5, 5.41) is 5.63. The molecule has 132 valence electrons. The van der Waals surface area contributed by atoms with Gasteiger partial charge in [0.25, 0.3) is 5.91 Å². The molecule has 4 N–H and O–H groups in total. The molecule has 1 aromatic rings. The number of nitrogens with one attached hydrogen (secondary N) is 2. The molecule has 1 atom stereocenters. The molecule has 0 aliphatic carbocycles. The Hall–Kier alpha value is -2.12. The van der Waals surface area contributed by atoms with Gasteiger partial charge in [0.05, 0.1) is 6.61 Å². The molecule has 2 rings (SSSR count). The van der Waals surface area contributed by atoms with Crippen molar-refractivity contribution in [3.05, 3.63) is 29.8 Å². The van der Waals surface area contributed by atoms with Gasteiger partial charge in [0.1, 0.15) is 0 Å². The lowest BCUT2D eigenvalue weighted by Crippen LogP contribution is -2.49. The third-order valence-corrected chi connectivity index (χ3v) is 4.15. The van der Waals surface area contributed by atoms with E-state index in [1.54, 1.807) is 36.3 Å². The molecule has 24 heavy (non-hydrogen) atoms. The van der Waals surface area contributed by atoms with Crippen LogP contribution in [0.1, 0.15) is 29.6 Å². The van der Waals surface area contributed by atoms with E-state index in [2.05, 4.69) is 10.6 Å². The zero-order valence-corrected chi connectivity index (χ0v) is 14.1. The van der Waals surface area contributed by atoms with E-state index in [1.807, 2.05) is 0 Å². The highest BCUT2D eigenvalue weighted by Gasteiger charge is 2.25. The van der Waals surface area contributed by atoms with E-state index in [0.29, 0.717) is 30.9 Å². The van der Waals surface area contributed by atoms with Gasteiger partial charge in [-0.2, -0.15) is 0 Å². The second-order valence-corrected chi connectivity index (χ2v) is 5.83. The molecule has 7 heteroatoms. The molecule has 1 heterocycles. The average Bonchev–Trinajstić information content (AvgIpc) is 2.62. The first-order chi connectivity index (χ1) is 11.7. The van der Waals surface area contributed by atoms with E-state index in [9.17, 15) is 9.59 Å². The van der Waals surface area contributed by atoms with Crippen molar-refractivity contribution in [3.8, 4) is 0 Å². The molecule has 1 aliphatic rings. The van der Waals surface area contributed by atoms with Crippen LogP contribution in [0.3, 0.4) is 0 Å². The molecular weight excluding hydrogens is 308 g/mol. The number of carbonyl (C=O) groups is 2. The van der Waals surface area contributed by atoms with Gasteiger partial charge in [0.2, 0.25) is 0 Å². The Morgan fingerprint density at radius 3 is 2.71 bits per heavy atom. The van der Waals surface area contributed by atoms with Gasteiger partial charge in [0, 0.05) is 44.0 Å². The zero-order chi connectivity index (χ0) is 17.4. The Labute approximate surface area is 142 Å². The maximum atomic E-state index is 12.4. The number of urea groups is 1. The van der Waals surface area contributed by atoms with Gasteiger partial charge in [0.15, 0.2) is 0 Å². The monoisotopic (exact) mass is 334 g/mol. The minimum absolute atomic E-state index is 0.101. The summed E-state index contributed by atoms with van der Waals surface area (Å²) in [5.41, 5.74) is 6.96. The molecule has 7 nitrogen and oxygen atoms in total. The predicted octanol–water partition coefficient (Wildman–Crippen LogP) is 1.41. The number of carbonyl (C=O) groups excluding carboxylic acids is 2. The summed E-state index contributed by atoms with van der Waals surface area (Å²) in [7, 11) is 1.58. The number of methoxy groups -OCH3 is 1. The Balaban J connectivity index is 1.91. The molecule has 1 aromatic carbocycles. The van der Waals surface area contributed by atoms with Crippen molar-refractivity contribution in [2.75, 3.05) is 38.7 Å². The number of ether oxygens (including phenoxy) is 1. The average molecular weight is 334 g/mol. The van der Waals surface area contributed by atoms with Crippen molar-refractivity contribution < 1.29 is 14.3 Å². The number of nitrogens with zero attached hydrogens (tertiary/aromatic N) is 1. The first-order valence-corrected chi connectivity index (χ1v) is 8.30. The number of nitrogens with two attached hydrogens (primary N) is 1.